The zero-order chi connectivity index (χ0) is 52.2. The summed E-state index contributed by atoms with van der Waals surface area (Å²) in [5, 5.41) is 0. The van der Waals surface area contributed by atoms with Gasteiger partial charge in [-0.25, -0.2) is 0 Å². The maximum atomic E-state index is 12.8. The molecule has 0 radical (unpaired) electrons. The molecule has 0 aliphatic rings. The maximum Gasteiger partial charge on any atom is 0.306 e. The van der Waals surface area contributed by atoms with E-state index in [4.69, 9.17) is 14.2 Å². The van der Waals surface area contributed by atoms with E-state index in [1.54, 1.807) is 0 Å². The third kappa shape index (κ3) is 57.5. The molecule has 0 bridgehead atoms. The fourth-order valence-electron chi connectivity index (χ4n) is 8.61. The van der Waals surface area contributed by atoms with Crippen LogP contribution < -0.4 is 0 Å². The van der Waals surface area contributed by atoms with Gasteiger partial charge >= 0.3 is 17.9 Å². The first-order valence-corrected chi connectivity index (χ1v) is 30.6. The second-order valence-electron chi connectivity index (χ2n) is 20.2. The molecule has 0 N–H and O–H groups in total. The van der Waals surface area contributed by atoms with Crippen LogP contribution in [0.4, 0.5) is 0 Å². The fraction of sp³-hybridized carbons (Fsp3) is 0.742. The average molecular weight is 1000 g/mol. The Morgan fingerprint density at radius 3 is 0.833 bits per heavy atom. The smallest absolute Gasteiger partial charge is 0.306 e. The van der Waals surface area contributed by atoms with Crippen molar-refractivity contribution in [2.45, 2.75) is 303 Å². The molecule has 0 saturated carbocycles. The Morgan fingerprint density at radius 1 is 0.292 bits per heavy atom. The number of carbonyl (C=O) groups is 3. The normalized spacial score (nSPS) is 12.7. The number of ether oxygens (including phenoxy) is 3. The standard InChI is InChI=1S/C66H114O6/c1-4-7-10-13-15-17-19-21-23-25-27-29-31-32-33-35-36-38-40-42-44-46-48-50-53-56-59-65(68)71-62-63(61-70-64(67)58-55-52-12-9-6-3)72-66(69)60-57-54-51-49-47-45-43-41-39-37-34-30-28-26-24-22-20-18-16-14-11-8-5-2/h8,11,16,18,22,24,28,30,37,39,43,45,49,51,63H,4-7,9-10,12-15,17,19-21,23,25-27,29,31-36,38,40-42,44,46-48,50,52-62H2,1-3H3/b11-8-,18-16-,24-22-,30-28-,39-37-,45-43-,51-49-. The van der Waals surface area contributed by atoms with Gasteiger partial charge in [0.25, 0.3) is 0 Å². The molecule has 0 aromatic carbocycles. The molecule has 0 fully saturated rings. The van der Waals surface area contributed by atoms with E-state index in [1.165, 1.54) is 148 Å². The first-order chi connectivity index (χ1) is 35.5. The van der Waals surface area contributed by atoms with E-state index < -0.39 is 6.10 Å². The van der Waals surface area contributed by atoms with Crippen molar-refractivity contribution in [3.8, 4) is 0 Å². The molecule has 6 heteroatoms. The Balaban J connectivity index is 4.12. The van der Waals surface area contributed by atoms with Crippen molar-refractivity contribution in [2.75, 3.05) is 13.2 Å². The van der Waals surface area contributed by atoms with Gasteiger partial charge in [-0.15, -0.1) is 0 Å². The van der Waals surface area contributed by atoms with Crippen LogP contribution in [-0.4, -0.2) is 37.2 Å². The zero-order valence-corrected chi connectivity index (χ0v) is 47.4. The highest BCUT2D eigenvalue weighted by Gasteiger charge is 2.19. The Hall–Kier alpha value is -3.41. The first-order valence-electron chi connectivity index (χ1n) is 30.6. The molecule has 0 aliphatic carbocycles. The zero-order valence-electron chi connectivity index (χ0n) is 47.4. The predicted molar refractivity (Wildman–Crippen MR) is 311 cm³/mol. The molecule has 414 valence electrons. The third-order valence-corrected chi connectivity index (χ3v) is 13.2. The van der Waals surface area contributed by atoms with Gasteiger partial charge in [-0.3, -0.25) is 14.4 Å². The van der Waals surface area contributed by atoms with Crippen LogP contribution in [0.5, 0.6) is 0 Å². The second-order valence-corrected chi connectivity index (χ2v) is 20.2. The van der Waals surface area contributed by atoms with Crippen molar-refractivity contribution in [2.24, 2.45) is 0 Å². The van der Waals surface area contributed by atoms with Crippen molar-refractivity contribution < 1.29 is 28.6 Å². The lowest BCUT2D eigenvalue weighted by atomic mass is 10.0. The summed E-state index contributed by atoms with van der Waals surface area (Å²) >= 11 is 0. The minimum atomic E-state index is -0.803. The summed E-state index contributed by atoms with van der Waals surface area (Å²) in [6.45, 7) is 6.42. The monoisotopic (exact) mass is 1000 g/mol. The molecule has 6 nitrogen and oxygen atoms in total. The molecule has 0 saturated heterocycles. The lowest BCUT2D eigenvalue weighted by Gasteiger charge is -2.18. The third-order valence-electron chi connectivity index (χ3n) is 13.2. The summed E-state index contributed by atoms with van der Waals surface area (Å²) < 4.78 is 16.7. The number of hydrogen-bond acceptors (Lipinski definition) is 6. The number of allylic oxidation sites excluding steroid dienone is 14. The van der Waals surface area contributed by atoms with Crippen LogP contribution in [0.2, 0.25) is 0 Å². The van der Waals surface area contributed by atoms with Gasteiger partial charge in [0.2, 0.25) is 0 Å². The van der Waals surface area contributed by atoms with Crippen LogP contribution in [0.3, 0.4) is 0 Å². The summed E-state index contributed by atoms with van der Waals surface area (Å²) in [6, 6.07) is 0. The highest BCUT2D eigenvalue weighted by Crippen LogP contribution is 2.17. The predicted octanol–water partition coefficient (Wildman–Crippen LogP) is 20.7. The number of hydrogen-bond donors (Lipinski definition) is 0. The van der Waals surface area contributed by atoms with E-state index in [2.05, 4.69) is 106 Å². The summed E-state index contributed by atoms with van der Waals surface area (Å²) in [5.41, 5.74) is 0. The molecule has 0 aromatic rings. The largest absolute Gasteiger partial charge is 0.462 e. The molecule has 0 aromatic heterocycles. The molecular weight excluding hydrogens is 889 g/mol. The molecule has 72 heavy (non-hydrogen) atoms. The van der Waals surface area contributed by atoms with E-state index in [-0.39, 0.29) is 37.5 Å². The van der Waals surface area contributed by atoms with Crippen molar-refractivity contribution in [1.29, 1.82) is 0 Å². The van der Waals surface area contributed by atoms with Crippen LogP contribution in [0.25, 0.3) is 0 Å². The molecule has 0 spiro atoms. The van der Waals surface area contributed by atoms with E-state index >= 15 is 0 Å². The summed E-state index contributed by atoms with van der Waals surface area (Å²) in [4.78, 5) is 37.8. The summed E-state index contributed by atoms with van der Waals surface area (Å²) in [7, 11) is 0. The van der Waals surface area contributed by atoms with Gasteiger partial charge in [-0.05, 0) is 70.6 Å². The van der Waals surface area contributed by atoms with E-state index in [0.29, 0.717) is 19.3 Å². The molecular formula is C66H114O6. The van der Waals surface area contributed by atoms with Gasteiger partial charge < -0.3 is 14.2 Å². The molecule has 0 heterocycles. The van der Waals surface area contributed by atoms with Crippen molar-refractivity contribution >= 4 is 17.9 Å². The molecule has 1 atom stereocenters. The molecule has 0 amide bonds. The molecule has 0 rings (SSSR count). The average Bonchev–Trinajstić information content (AvgIpc) is 3.38. The number of carbonyl (C=O) groups excluding carboxylic acids is 3. The van der Waals surface area contributed by atoms with Crippen LogP contribution in [-0.2, 0) is 28.6 Å². The van der Waals surface area contributed by atoms with Gasteiger partial charge in [0, 0.05) is 19.3 Å². The topological polar surface area (TPSA) is 78.9 Å². The van der Waals surface area contributed by atoms with Gasteiger partial charge in [0.05, 0.1) is 0 Å². The van der Waals surface area contributed by atoms with Gasteiger partial charge in [-0.2, -0.15) is 0 Å². The number of rotatable bonds is 55. The highest BCUT2D eigenvalue weighted by atomic mass is 16.6. The van der Waals surface area contributed by atoms with Crippen LogP contribution >= 0.6 is 0 Å². The quantitative estimate of drug-likeness (QED) is 0.0261. The van der Waals surface area contributed by atoms with Crippen molar-refractivity contribution in [3.05, 3.63) is 85.1 Å². The Bertz CT molecular complexity index is 1380. The van der Waals surface area contributed by atoms with Crippen molar-refractivity contribution in [3.63, 3.8) is 0 Å². The van der Waals surface area contributed by atoms with E-state index in [9.17, 15) is 14.4 Å². The van der Waals surface area contributed by atoms with Gasteiger partial charge in [0.1, 0.15) is 13.2 Å². The maximum absolute atomic E-state index is 12.8. The van der Waals surface area contributed by atoms with Crippen LogP contribution in [0.15, 0.2) is 85.1 Å². The molecule has 0 aliphatic heterocycles. The van der Waals surface area contributed by atoms with Crippen LogP contribution in [0, 0.1) is 0 Å². The molecule has 1 unspecified atom stereocenters. The lowest BCUT2D eigenvalue weighted by Crippen LogP contribution is -2.30. The number of unbranched alkanes of at least 4 members (excludes halogenated alkanes) is 30. The minimum absolute atomic E-state index is 0.0975. The second kappa shape index (κ2) is 60.1. The van der Waals surface area contributed by atoms with Crippen molar-refractivity contribution in [1.82, 2.24) is 0 Å². The SMILES string of the molecule is CC/C=C\C/C=C\C/C=C\C/C=C\C/C=C\C/C=C\C/C=C\CCCC(=O)OC(COC(=O)CCCCCCC)COC(=O)CCCCCCCCCCCCCCCCCCCCCCCCCCCC. The Morgan fingerprint density at radius 2 is 0.542 bits per heavy atom. The lowest BCUT2D eigenvalue weighted by molar-refractivity contribution is -0.167. The Labute approximate surface area is 445 Å². The minimum Gasteiger partial charge on any atom is -0.462 e. The van der Waals surface area contributed by atoms with Gasteiger partial charge in [0.15, 0.2) is 6.10 Å². The summed E-state index contributed by atoms with van der Waals surface area (Å²) in [6.07, 6.45) is 79.4. The van der Waals surface area contributed by atoms with Crippen LogP contribution in [0.1, 0.15) is 297 Å². The van der Waals surface area contributed by atoms with Gasteiger partial charge in [-0.1, -0.05) is 292 Å². The summed E-state index contributed by atoms with van der Waals surface area (Å²) in [5.74, 6) is -0.964. The fourth-order valence-corrected chi connectivity index (χ4v) is 8.61. The first kappa shape index (κ1) is 68.6. The highest BCUT2D eigenvalue weighted by molar-refractivity contribution is 5.71. The van der Waals surface area contributed by atoms with E-state index in [0.717, 1.165) is 103 Å². The van der Waals surface area contributed by atoms with E-state index in [1.807, 2.05) is 0 Å². The number of esters is 3. The Kier molecular flexibility index (Phi) is 57.3.